The third kappa shape index (κ3) is 13.1. The zero-order valence-electron chi connectivity index (χ0n) is 79.2. The Bertz CT molecular complexity index is 11400. The van der Waals surface area contributed by atoms with Crippen molar-refractivity contribution in [3.8, 4) is 57.5 Å². The maximum Gasteiger partial charge on any atom is 0.177 e. The number of rotatable bonds is 4. The van der Waals surface area contributed by atoms with Crippen LogP contribution < -0.4 is 0 Å². The van der Waals surface area contributed by atoms with E-state index in [9.17, 15) is 15.8 Å². The number of fused-ring (bicyclic) bond motifs is 20. The van der Waals surface area contributed by atoms with E-state index in [1.54, 1.807) is 6.07 Å². The van der Waals surface area contributed by atoms with Crippen molar-refractivity contribution < 1.29 is 0 Å². The van der Waals surface area contributed by atoms with Gasteiger partial charge >= 0.3 is 0 Å². The van der Waals surface area contributed by atoms with Gasteiger partial charge < -0.3 is 0 Å². The van der Waals surface area contributed by atoms with Crippen molar-refractivity contribution in [2.75, 3.05) is 0 Å². The molecule has 34 aromatic rings. The van der Waals surface area contributed by atoms with Crippen molar-refractivity contribution in [3.63, 3.8) is 0 Å². The van der Waals surface area contributed by atoms with Gasteiger partial charge in [0.05, 0.1) is 122 Å². The molecular formula is C134H71N15. The number of imidazole rings is 1. The molecule has 0 bridgehead atoms. The average Bonchev–Trinajstić information content (AvgIpc) is 1.48. The standard InChI is InChI=1S/C35H20N4.C34H20N2.C23H11N3.C22H12N2.C20H8N4/c1-2-10-24(11-3-1)39-30-15-5-4-14-28(30)38-35(39)23-18-19-27-29(20-23)37-34-26-13-7-9-22-17-16-21-8-6-12-25(33(34)36-27)31(21)32(22)26;1-3-9-21(10-4-1)27-19-29-30(20-28(27)22-11-5-2-6-12-22)36-34-26-16-8-14-24-18-17-23-13-7-15-25(33(34)35-29)31(23)32(24)26;24-12-13-7-10-18-19(11-13)26-23-17-6-2-4-15-9-8-14-3-1-5-16(22(23)25-18)20(14)21(15)17;1-2-10-18-17(9-1)23-21-15-7-3-5-13-11-12-14-6-4-8-16(22(21)24-18)20(14)19(13)15;21-9-15-16(10-22)24-20-14-6-2-4-12-8-7-11-3-1-5-13(19(20)23-15)17(11)18(12)14/h1-20H;1-20H;1-11H;1-12H;1-8H. The molecule has 15 heteroatoms. The largest absolute Gasteiger partial charge is 0.292 e. The molecule has 6 aromatic heterocycles. The summed E-state index contributed by atoms with van der Waals surface area (Å²) >= 11 is 0. The van der Waals surface area contributed by atoms with E-state index in [0.29, 0.717) is 16.6 Å². The lowest BCUT2D eigenvalue weighted by Crippen LogP contribution is -1.98. The van der Waals surface area contributed by atoms with E-state index in [-0.39, 0.29) is 11.4 Å². The fourth-order valence-electron chi connectivity index (χ4n) is 23.4. The van der Waals surface area contributed by atoms with Crippen LogP contribution in [0.1, 0.15) is 17.0 Å². The molecule has 0 saturated carbocycles. The van der Waals surface area contributed by atoms with Gasteiger partial charge in [-0.05, 0) is 215 Å². The fraction of sp³-hybridized carbons (Fsp3) is 0. The van der Waals surface area contributed by atoms with Gasteiger partial charge in [-0.3, -0.25) is 4.57 Å². The van der Waals surface area contributed by atoms with E-state index in [1.807, 2.05) is 84.9 Å². The number of hydrogen-bond acceptors (Lipinski definition) is 14. The molecule has 0 aliphatic heterocycles. The van der Waals surface area contributed by atoms with Gasteiger partial charge in [0, 0.05) is 65.1 Å². The first-order valence-corrected chi connectivity index (χ1v) is 49.5. The Labute approximate surface area is 846 Å². The molecule has 0 amide bonds. The highest BCUT2D eigenvalue weighted by Gasteiger charge is 2.26. The van der Waals surface area contributed by atoms with Gasteiger partial charge in [0.25, 0.3) is 0 Å². The lowest BCUT2D eigenvalue weighted by molar-refractivity contribution is 1.10. The van der Waals surface area contributed by atoms with E-state index in [1.165, 1.54) is 119 Å². The molecule has 682 valence electrons. The minimum Gasteiger partial charge on any atom is -0.292 e. The van der Waals surface area contributed by atoms with Crippen molar-refractivity contribution in [1.29, 1.82) is 15.8 Å². The maximum absolute atomic E-state index is 9.29. The SMILES string of the molecule is N#Cc1ccc2nc3c4cccc5ccc6cccc(c3nc2c1)c6c54.N#Cc1nc2c3cccc4ccc5cccc(c2nc1C#N)c5c43.c1ccc(-c2cc3nc4c5cccc6ccc7cccc(c4nc3cc2-c2ccccc2)c7c65)cc1.c1ccc(-n2c(-c3ccc4nc5c6cccc7ccc8cccc(c5nc4c3)c8c76)nc3ccccc32)cc1.c1ccc2nc3c4cccc5ccc6cccc(c3nc2c1)c6c54. The summed E-state index contributed by atoms with van der Waals surface area (Å²) in [6.07, 6.45) is 0. The Kier molecular flexibility index (Phi) is 18.6. The normalized spacial score (nSPS) is 11.9. The minimum atomic E-state index is 0.0693. The first-order chi connectivity index (χ1) is 73.7. The summed E-state index contributed by atoms with van der Waals surface area (Å²) in [5.41, 5.74) is 25.5. The van der Waals surface area contributed by atoms with Crippen LogP contribution in [-0.4, -0.2) is 59.4 Å². The van der Waals surface area contributed by atoms with Crippen LogP contribution in [0.5, 0.6) is 0 Å². The third-order valence-corrected chi connectivity index (χ3v) is 29.9. The molecule has 0 aliphatic rings. The zero-order valence-corrected chi connectivity index (χ0v) is 79.2. The van der Waals surface area contributed by atoms with Crippen LogP contribution in [0.3, 0.4) is 0 Å². The molecule has 0 radical (unpaired) electrons. The Hall–Kier alpha value is -21.0. The number of benzene rings is 28. The van der Waals surface area contributed by atoms with Crippen LogP contribution in [0.15, 0.2) is 431 Å². The van der Waals surface area contributed by atoms with E-state index >= 15 is 0 Å². The number of nitriles is 3. The second-order valence-corrected chi connectivity index (χ2v) is 38.1. The van der Waals surface area contributed by atoms with Gasteiger partial charge in [0.1, 0.15) is 18.0 Å². The molecule has 0 N–H and O–H groups in total. The summed E-state index contributed by atoms with van der Waals surface area (Å²) in [5.74, 6) is 0.890. The van der Waals surface area contributed by atoms with Crippen LogP contribution in [0.2, 0.25) is 0 Å². The first-order valence-electron chi connectivity index (χ1n) is 49.5. The molecule has 0 fully saturated rings. The van der Waals surface area contributed by atoms with Crippen molar-refractivity contribution in [2.24, 2.45) is 0 Å². The van der Waals surface area contributed by atoms with Crippen LogP contribution in [0, 0.1) is 34.0 Å². The van der Waals surface area contributed by atoms with Crippen LogP contribution >= 0.6 is 0 Å². The summed E-state index contributed by atoms with van der Waals surface area (Å²) in [5, 5.41) is 63.4. The van der Waals surface area contributed by atoms with Gasteiger partial charge in [0.15, 0.2) is 11.4 Å². The van der Waals surface area contributed by atoms with Crippen LogP contribution in [0.4, 0.5) is 0 Å². The molecule has 0 aliphatic carbocycles. The Morgan fingerprint density at radius 3 is 0.718 bits per heavy atom. The average molecular weight is 1890 g/mol. The van der Waals surface area contributed by atoms with Crippen LogP contribution in [-0.2, 0) is 0 Å². The monoisotopic (exact) mass is 1890 g/mol. The highest BCUT2D eigenvalue weighted by molar-refractivity contribution is 6.38. The summed E-state index contributed by atoms with van der Waals surface area (Å²) in [4.78, 5) is 54.8. The molecule has 6 heterocycles. The first kappa shape index (κ1) is 83.8. The summed E-state index contributed by atoms with van der Waals surface area (Å²) in [6.45, 7) is 0. The highest BCUT2D eigenvalue weighted by Crippen LogP contribution is 2.49. The molecule has 0 spiro atoms. The Morgan fingerprint density at radius 1 is 0.168 bits per heavy atom. The molecule has 149 heavy (non-hydrogen) atoms. The zero-order chi connectivity index (χ0) is 98.3. The smallest absolute Gasteiger partial charge is 0.177 e. The maximum atomic E-state index is 9.29. The van der Waals surface area contributed by atoms with Crippen molar-refractivity contribution >= 4 is 272 Å². The number of para-hydroxylation sites is 5. The number of hydrogen-bond donors (Lipinski definition) is 0. The van der Waals surface area contributed by atoms with Gasteiger partial charge in [-0.2, -0.15) is 15.8 Å². The molecule has 15 nitrogen and oxygen atoms in total. The number of nitrogens with zero attached hydrogens (tertiary/aromatic N) is 15. The van der Waals surface area contributed by atoms with Gasteiger partial charge in [0.2, 0.25) is 0 Å². The molecule has 34 rings (SSSR count). The third-order valence-electron chi connectivity index (χ3n) is 29.9. The summed E-state index contributed by atoms with van der Waals surface area (Å²) < 4.78 is 2.22. The van der Waals surface area contributed by atoms with Crippen molar-refractivity contribution in [1.82, 2.24) is 59.4 Å². The van der Waals surface area contributed by atoms with Crippen molar-refractivity contribution in [2.45, 2.75) is 0 Å². The molecule has 0 unspecified atom stereocenters. The van der Waals surface area contributed by atoms with Gasteiger partial charge in [-0.15, -0.1) is 0 Å². The van der Waals surface area contributed by atoms with E-state index < -0.39 is 0 Å². The van der Waals surface area contributed by atoms with Gasteiger partial charge in [-0.25, -0.2) is 54.8 Å². The van der Waals surface area contributed by atoms with Crippen LogP contribution in [0.25, 0.3) is 311 Å². The highest BCUT2D eigenvalue weighted by atomic mass is 15.1. The second-order valence-electron chi connectivity index (χ2n) is 38.1. The lowest BCUT2D eigenvalue weighted by atomic mass is 9.92. The molecule has 0 atom stereocenters. The fourth-order valence-corrected chi connectivity index (χ4v) is 23.4. The predicted molar refractivity (Wildman–Crippen MR) is 611 cm³/mol. The van der Waals surface area contributed by atoms with E-state index in [0.717, 1.165) is 181 Å². The topological polar surface area (TPSA) is 218 Å². The predicted octanol–water partition coefficient (Wildman–Crippen LogP) is 33.2. The lowest BCUT2D eigenvalue weighted by Gasteiger charge is -2.15. The summed E-state index contributed by atoms with van der Waals surface area (Å²) in [7, 11) is 0. The van der Waals surface area contributed by atoms with Gasteiger partial charge in [-0.1, -0.05) is 346 Å². The van der Waals surface area contributed by atoms with E-state index in [2.05, 4.69) is 372 Å². The molecule has 28 aromatic carbocycles. The Morgan fingerprint density at radius 2 is 0.416 bits per heavy atom. The second kappa shape index (κ2) is 33.1. The Balaban J connectivity index is 0.0000000870. The molecular weight excluding hydrogens is 1820 g/mol. The van der Waals surface area contributed by atoms with E-state index in [4.69, 9.17) is 44.9 Å². The molecule has 0 saturated heterocycles. The quantitative estimate of drug-likeness (QED) is 0.118. The number of aromatic nitrogens is 12. The minimum absolute atomic E-state index is 0.0693. The van der Waals surface area contributed by atoms with Crippen molar-refractivity contribution in [3.05, 3.63) is 448 Å². The summed E-state index contributed by atoms with van der Waals surface area (Å²) in [6, 6.07) is 156.